The Bertz CT molecular complexity index is 578. The number of nitrogens with zero attached hydrogens (tertiary/aromatic N) is 1. The lowest BCUT2D eigenvalue weighted by molar-refractivity contribution is -0.161. The minimum atomic E-state index is -1.03. The Morgan fingerprint density at radius 2 is 1.62 bits per heavy atom. The van der Waals surface area contributed by atoms with Crippen molar-refractivity contribution in [3.63, 3.8) is 0 Å². The van der Waals surface area contributed by atoms with Gasteiger partial charge >= 0.3 is 11.9 Å². The van der Waals surface area contributed by atoms with E-state index in [0.29, 0.717) is 11.3 Å². The molecule has 0 unspecified atom stereocenters. The van der Waals surface area contributed by atoms with Crippen molar-refractivity contribution in [3.05, 3.63) is 29.8 Å². The standard InChI is InChI=1S/C17H22N2O5/c1-4-23-16(21)14(17(22)24-5-2)10-11-19-13-8-6-12(7-9-13)15(20)18-3/h6-9,11,14H,4-5,10H2,1-3H3,(H,18,20). The van der Waals surface area contributed by atoms with Gasteiger partial charge in [-0.1, -0.05) is 0 Å². The fraction of sp³-hybridized carbons (Fsp3) is 0.412. The summed E-state index contributed by atoms with van der Waals surface area (Å²) >= 11 is 0. The highest BCUT2D eigenvalue weighted by Crippen LogP contribution is 2.14. The molecule has 0 spiro atoms. The van der Waals surface area contributed by atoms with Gasteiger partial charge in [0.25, 0.3) is 5.91 Å². The summed E-state index contributed by atoms with van der Waals surface area (Å²) in [6.07, 6.45) is 1.54. The van der Waals surface area contributed by atoms with E-state index in [4.69, 9.17) is 9.47 Å². The molecule has 1 rings (SSSR count). The van der Waals surface area contributed by atoms with Gasteiger partial charge in [-0.2, -0.15) is 0 Å². The highest BCUT2D eigenvalue weighted by atomic mass is 16.6. The zero-order valence-corrected chi connectivity index (χ0v) is 14.1. The molecule has 0 heterocycles. The molecular weight excluding hydrogens is 312 g/mol. The average Bonchev–Trinajstić information content (AvgIpc) is 2.58. The Morgan fingerprint density at radius 1 is 1.08 bits per heavy atom. The fourth-order valence-electron chi connectivity index (χ4n) is 1.88. The van der Waals surface area contributed by atoms with E-state index >= 15 is 0 Å². The van der Waals surface area contributed by atoms with Gasteiger partial charge in [-0.3, -0.25) is 19.4 Å². The van der Waals surface area contributed by atoms with Crippen LogP contribution in [0.3, 0.4) is 0 Å². The lowest BCUT2D eigenvalue weighted by atomic mass is 10.1. The van der Waals surface area contributed by atoms with Crippen molar-refractivity contribution in [2.75, 3.05) is 20.3 Å². The number of esters is 2. The molecule has 0 radical (unpaired) electrons. The van der Waals surface area contributed by atoms with Crippen molar-refractivity contribution >= 4 is 29.7 Å². The Labute approximate surface area is 141 Å². The van der Waals surface area contributed by atoms with Crippen LogP contribution in [0.1, 0.15) is 30.6 Å². The van der Waals surface area contributed by atoms with E-state index in [1.165, 1.54) is 6.21 Å². The molecule has 130 valence electrons. The first-order chi connectivity index (χ1) is 11.5. The smallest absolute Gasteiger partial charge is 0.320 e. The van der Waals surface area contributed by atoms with Gasteiger partial charge in [-0.15, -0.1) is 0 Å². The highest BCUT2D eigenvalue weighted by Gasteiger charge is 2.28. The Hall–Kier alpha value is -2.70. The minimum Gasteiger partial charge on any atom is -0.465 e. The van der Waals surface area contributed by atoms with Crippen LogP contribution in [0.15, 0.2) is 29.3 Å². The number of nitrogens with one attached hydrogen (secondary N) is 1. The second kappa shape index (κ2) is 10.1. The Morgan fingerprint density at radius 3 is 2.08 bits per heavy atom. The molecule has 0 saturated carbocycles. The van der Waals surface area contributed by atoms with E-state index in [9.17, 15) is 14.4 Å². The van der Waals surface area contributed by atoms with Crippen LogP contribution < -0.4 is 5.32 Å². The number of ether oxygens (including phenoxy) is 2. The van der Waals surface area contributed by atoms with Crippen molar-refractivity contribution in [1.29, 1.82) is 0 Å². The van der Waals surface area contributed by atoms with Crippen LogP contribution in [0.5, 0.6) is 0 Å². The summed E-state index contributed by atoms with van der Waals surface area (Å²) in [7, 11) is 1.55. The van der Waals surface area contributed by atoms with Gasteiger partial charge in [0.15, 0.2) is 5.92 Å². The largest absolute Gasteiger partial charge is 0.465 e. The van der Waals surface area contributed by atoms with Gasteiger partial charge < -0.3 is 14.8 Å². The second-order valence-electron chi connectivity index (χ2n) is 4.73. The van der Waals surface area contributed by atoms with Gasteiger partial charge in [0.2, 0.25) is 0 Å². The third-order valence-corrected chi connectivity index (χ3v) is 3.08. The number of carbonyl (C=O) groups excluding carboxylic acids is 3. The molecule has 0 bridgehead atoms. The van der Waals surface area contributed by atoms with Gasteiger partial charge in [0.05, 0.1) is 18.9 Å². The first-order valence-corrected chi connectivity index (χ1v) is 7.71. The molecule has 1 aromatic rings. The monoisotopic (exact) mass is 334 g/mol. The number of carbonyl (C=O) groups is 3. The van der Waals surface area contributed by atoms with Crippen molar-refractivity contribution in [2.45, 2.75) is 20.3 Å². The summed E-state index contributed by atoms with van der Waals surface area (Å²) in [5.41, 5.74) is 1.13. The predicted molar refractivity (Wildman–Crippen MR) is 89.4 cm³/mol. The molecule has 1 N–H and O–H groups in total. The molecule has 0 aliphatic heterocycles. The van der Waals surface area contributed by atoms with E-state index < -0.39 is 17.9 Å². The van der Waals surface area contributed by atoms with E-state index in [1.54, 1.807) is 45.2 Å². The zero-order valence-electron chi connectivity index (χ0n) is 14.1. The van der Waals surface area contributed by atoms with Gasteiger partial charge in [0, 0.05) is 25.2 Å². The van der Waals surface area contributed by atoms with Crippen LogP contribution in [-0.2, 0) is 19.1 Å². The number of aliphatic imine (C=N–C) groups is 1. The van der Waals surface area contributed by atoms with Crippen molar-refractivity contribution in [3.8, 4) is 0 Å². The summed E-state index contributed by atoms with van der Waals surface area (Å²) < 4.78 is 9.77. The van der Waals surface area contributed by atoms with Crippen molar-refractivity contribution < 1.29 is 23.9 Å². The first-order valence-electron chi connectivity index (χ1n) is 7.71. The third-order valence-electron chi connectivity index (χ3n) is 3.08. The van der Waals surface area contributed by atoms with Crippen molar-refractivity contribution in [1.82, 2.24) is 5.32 Å². The van der Waals surface area contributed by atoms with E-state index in [0.717, 1.165) is 0 Å². The maximum Gasteiger partial charge on any atom is 0.320 e. The number of rotatable bonds is 8. The predicted octanol–water partition coefficient (Wildman–Crippen LogP) is 1.88. The van der Waals surface area contributed by atoms with Crippen LogP contribution in [0.2, 0.25) is 0 Å². The molecule has 0 aliphatic rings. The van der Waals surface area contributed by atoms with Gasteiger partial charge in [0.1, 0.15) is 0 Å². The van der Waals surface area contributed by atoms with Gasteiger partial charge in [-0.05, 0) is 38.1 Å². The topological polar surface area (TPSA) is 94.1 Å². The van der Waals surface area contributed by atoms with Crippen LogP contribution in [0.4, 0.5) is 5.69 Å². The first kappa shape index (κ1) is 19.3. The lowest BCUT2D eigenvalue weighted by Gasteiger charge is -2.12. The van der Waals surface area contributed by atoms with Crippen molar-refractivity contribution in [2.24, 2.45) is 10.9 Å². The zero-order chi connectivity index (χ0) is 17.9. The van der Waals surface area contributed by atoms with E-state index in [-0.39, 0.29) is 25.5 Å². The fourth-order valence-corrected chi connectivity index (χ4v) is 1.88. The minimum absolute atomic E-state index is 0.0782. The van der Waals surface area contributed by atoms with Crippen LogP contribution in [-0.4, -0.2) is 44.3 Å². The molecule has 0 saturated heterocycles. The molecule has 1 amide bonds. The molecule has 7 nitrogen and oxygen atoms in total. The Kier molecular flexibility index (Phi) is 8.18. The summed E-state index contributed by atoms with van der Waals surface area (Å²) in [6.45, 7) is 3.71. The third kappa shape index (κ3) is 5.83. The summed E-state index contributed by atoms with van der Waals surface area (Å²) in [5, 5.41) is 2.53. The summed E-state index contributed by atoms with van der Waals surface area (Å²) in [4.78, 5) is 39.3. The Balaban J connectivity index is 2.74. The van der Waals surface area contributed by atoms with Gasteiger partial charge in [-0.25, -0.2) is 0 Å². The van der Waals surface area contributed by atoms with Crippen LogP contribution >= 0.6 is 0 Å². The molecule has 0 atom stereocenters. The number of hydrogen-bond acceptors (Lipinski definition) is 6. The van der Waals surface area contributed by atoms with Crippen LogP contribution in [0, 0.1) is 5.92 Å². The highest BCUT2D eigenvalue weighted by molar-refractivity contribution is 5.97. The second-order valence-corrected chi connectivity index (χ2v) is 4.73. The molecule has 24 heavy (non-hydrogen) atoms. The average molecular weight is 334 g/mol. The molecule has 7 heteroatoms. The quantitative estimate of drug-likeness (QED) is 0.445. The number of benzene rings is 1. The molecule has 0 fully saturated rings. The van der Waals surface area contributed by atoms with E-state index in [1.807, 2.05) is 0 Å². The normalized spacial score (nSPS) is 10.7. The maximum atomic E-state index is 11.8. The summed E-state index contributed by atoms with van der Waals surface area (Å²) in [6, 6.07) is 6.62. The SMILES string of the molecule is CCOC(=O)C(CC=Nc1ccc(C(=O)NC)cc1)C(=O)OCC. The van der Waals surface area contributed by atoms with Crippen LogP contribution in [0.25, 0.3) is 0 Å². The molecular formula is C17H22N2O5. The lowest BCUT2D eigenvalue weighted by Crippen LogP contribution is -2.28. The number of amides is 1. The summed E-state index contributed by atoms with van der Waals surface area (Å²) in [5.74, 6) is -2.47. The maximum absolute atomic E-state index is 11.8. The molecule has 1 aromatic carbocycles. The molecule has 0 aromatic heterocycles. The number of hydrogen-bond donors (Lipinski definition) is 1. The molecule has 0 aliphatic carbocycles. The van der Waals surface area contributed by atoms with E-state index in [2.05, 4.69) is 10.3 Å².